The molecule has 1 aliphatic rings. The highest BCUT2D eigenvalue weighted by molar-refractivity contribution is 6.35. The van der Waals surface area contributed by atoms with Gasteiger partial charge in [-0.2, -0.15) is 5.10 Å². The molecule has 0 bridgehead atoms. The highest BCUT2D eigenvalue weighted by Crippen LogP contribution is 2.16. The molecule has 0 unspecified atom stereocenters. The third-order valence-corrected chi connectivity index (χ3v) is 3.45. The number of amides is 2. The van der Waals surface area contributed by atoms with Crippen molar-refractivity contribution in [3.05, 3.63) is 30.1 Å². The van der Waals surface area contributed by atoms with E-state index >= 15 is 0 Å². The second-order valence-electron chi connectivity index (χ2n) is 5.12. The van der Waals surface area contributed by atoms with Gasteiger partial charge in [-0.25, -0.2) is 5.43 Å². The molecule has 1 heterocycles. The molecule has 0 atom stereocenters. The summed E-state index contributed by atoms with van der Waals surface area (Å²) in [6, 6.07) is 5.46. The first kappa shape index (κ1) is 15.2. The van der Waals surface area contributed by atoms with Gasteiger partial charge in [0.2, 0.25) is 0 Å². The quantitative estimate of drug-likeness (QED) is 0.381. The van der Waals surface area contributed by atoms with E-state index in [0.29, 0.717) is 5.69 Å². The predicted octanol–water partition coefficient (Wildman–Crippen LogP) is 1.37. The van der Waals surface area contributed by atoms with Crippen LogP contribution in [0, 0.1) is 0 Å². The SMILES string of the molecule is O=C(NN=Cc1ccccn1)C(=O)NC1CCCCCC1. The molecule has 2 amide bonds. The van der Waals surface area contributed by atoms with Crippen molar-refractivity contribution in [1.82, 2.24) is 15.7 Å². The molecule has 21 heavy (non-hydrogen) atoms. The molecule has 1 aromatic heterocycles. The van der Waals surface area contributed by atoms with Gasteiger partial charge in [-0.15, -0.1) is 0 Å². The fourth-order valence-electron chi connectivity index (χ4n) is 2.33. The molecule has 0 spiro atoms. The van der Waals surface area contributed by atoms with E-state index in [4.69, 9.17) is 0 Å². The molecule has 1 aromatic rings. The molecular weight excluding hydrogens is 268 g/mol. The van der Waals surface area contributed by atoms with Crippen LogP contribution < -0.4 is 10.7 Å². The average Bonchev–Trinajstić information content (AvgIpc) is 2.77. The third kappa shape index (κ3) is 5.33. The van der Waals surface area contributed by atoms with Gasteiger partial charge in [-0.05, 0) is 25.0 Å². The van der Waals surface area contributed by atoms with E-state index in [1.165, 1.54) is 19.1 Å². The zero-order chi connectivity index (χ0) is 14.9. The Hall–Kier alpha value is -2.24. The lowest BCUT2D eigenvalue weighted by atomic mass is 10.1. The number of hydrogen-bond acceptors (Lipinski definition) is 4. The van der Waals surface area contributed by atoms with E-state index in [1.807, 2.05) is 6.07 Å². The van der Waals surface area contributed by atoms with Gasteiger partial charge in [0, 0.05) is 12.2 Å². The van der Waals surface area contributed by atoms with Crippen molar-refractivity contribution >= 4 is 18.0 Å². The Morgan fingerprint density at radius 3 is 2.57 bits per heavy atom. The minimum absolute atomic E-state index is 0.102. The number of hydrogen-bond donors (Lipinski definition) is 2. The molecule has 112 valence electrons. The van der Waals surface area contributed by atoms with Crippen LogP contribution in [0.25, 0.3) is 0 Å². The lowest BCUT2D eigenvalue weighted by molar-refractivity contribution is -0.139. The maximum absolute atomic E-state index is 11.8. The topological polar surface area (TPSA) is 83.5 Å². The van der Waals surface area contributed by atoms with Crippen LogP contribution in [0.15, 0.2) is 29.5 Å². The Morgan fingerprint density at radius 1 is 1.14 bits per heavy atom. The molecule has 2 N–H and O–H groups in total. The molecule has 2 rings (SSSR count). The van der Waals surface area contributed by atoms with Gasteiger partial charge in [0.1, 0.15) is 0 Å². The van der Waals surface area contributed by atoms with Crippen LogP contribution in [0.1, 0.15) is 44.2 Å². The summed E-state index contributed by atoms with van der Waals surface area (Å²) in [6.45, 7) is 0. The lowest BCUT2D eigenvalue weighted by Crippen LogP contribution is -2.43. The van der Waals surface area contributed by atoms with Crippen molar-refractivity contribution in [3.63, 3.8) is 0 Å². The van der Waals surface area contributed by atoms with Gasteiger partial charge in [0.05, 0.1) is 11.9 Å². The van der Waals surface area contributed by atoms with Crippen LogP contribution in [0.2, 0.25) is 0 Å². The molecule has 0 aliphatic heterocycles. The molecule has 6 heteroatoms. The smallest absolute Gasteiger partial charge is 0.329 e. The van der Waals surface area contributed by atoms with Crippen LogP contribution in [0.5, 0.6) is 0 Å². The predicted molar refractivity (Wildman–Crippen MR) is 79.6 cm³/mol. The second-order valence-corrected chi connectivity index (χ2v) is 5.12. The Kier molecular flexibility index (Phi) is 5.87. The van der Waals surface area contributed by atoms with E-state index in [9.17, 15) is 9.59 Å². The van der Waals surface area contributed by atoms with Crippen molar-refractivity contribution in [2.24, 2.45) is 5.10 Å². The van der Waals surface area contributed by atoms with Crippen LogP contribution >= 0.6 is 0 Å². The largest absolute Gasteiger partial charge is 0.345 e. The summed E-state index contributed by atoms with van der Waals surface area (Å²) in [6.07, 6.45) is 9.51. The first-order chi connectivity index (χ1) is 10.3. The highest BCUT2D eigenvalue weighted by Gasteiger charge is 2.19. The summed E-state index contributed by atoms with van der Waals surface area (Å²) in [5, 5.41) is 6.49. The third-order valence-electron chi connectivity index (χ3n) is 3.45. The maximum atomic E-state index is 11.8. The molecule has 1 saturated carbocycles. The van der Waals surface area contributed by atoms with Crippen molar-refractivity contribution < 1.29 is 9.59 Å². The molecule has 0 aromatic carbocycles. The van der Waals surface area contributed by atoms with E-state index in [2.05, 4.69) is 20.8 Å². The van der Waals surface area contributed by atoms with Crippen molar-refractivity contribution in [1.29, 1.82) is 0 Å². The summed E-state index contributed by atoms with van der Waals surface area (Å²) in [5.74, 6) is -1.37. The van der Waals surface area contributed by atoms with E-state index in [0.717, 1.165) is 25.7 Å². The Labute approximate surface area is 124 Å². The molecular formula is C15H20N4O2. The summed E-state index contributed by atoms with van der Waals surface area (Å²) >= 11 is 0. The number of carbonyl (C=O) groups is 2. The summed E-state index contributed by atoms with van der Waals surface area (Å²) in [4.78, 5) is 27.4. The number of nitrogens with one attached hydrogen (secondary N) is 2. The zero-order valence-electron chi connectivity index (χ0n) is 11.9. The second kappa shape index (κ2) is 8.14. The lowest BCUT2D eigenvalue weighted by Gasteiger charge is -2.14. The van der Waals surface area contributed by atoms with Gasteiger partial charge in [0.15, 0.2) is 0 Å². The van der Waals surface area contributed by atoms with E-state index in [1.54, 1.807) is 18.3 Å². The van der Waals surface area contributed by atoms with Crippen molar-refractivity contribution in [2.45, 2.75) is 44.6 Å². The van der Waals surface area contributed by atoms with Gasteiger partial charge >= 0.3 is 11.8 Å². The minimum atomic E-state index is -0.744. The number of aromatic nitrogens is 1. The van der Waals surface area contributed by atoms with Gasteiger partial charge < -0.3 is 5.32 Å². The number of pyridine rings is 1. The number of rotatable bonds is 3. The first-order valence-electron chi connectivity index (χ1n) is 7.30. The summed E-state index contributed by atoms with van der Waals surface area (Å²) in [7, 11) is 0. The summed E-state index contributed by atoms with van der Waals surface area (Å²) < 4.78 is 0. The van der Waals surface area contributed by atoms with Crippen molar-refractivity contribution in [2.75, 3.05) is 0 Å². The van der Waals surface area contributed by atoms with Crippen LogP contribution in [-0.4, -0.2) is 29.1 Å². The van der Waals surface area contributed by atoms with Gasteiger partial charge in [-0.1, -0.05) is 31.7 Å². The number of carbonyl (C=O) groups excluding carboxylic acids is 2. The Bertz CT molecular complexity index is 494. The minimum Gasteiger partial charge on any atom is -0.345 e. The van der Waals surface area contributed by atoms with E-state index in [-0.39, 0.29) is 6.04 Å². The monoisotopic (exact) mass is 288 g/mol. The molecule has 6 nitrogen and oxygen atoms in total. The standard InChI is InChI=1S/C15H20N4O2/c20-14(18-12-7-3-1-2-4-8-12)15(21)19-17-11-13-9-5-6-10-16-13/h5-6,9-12H,1-4,7-8H2,(H,18,20)(H,19,21). The van der Waals surface area contributed by atoms with Crippen LogP contribution in [-0.2, 0) is 9.59 Å². The molecule has 0 radical (unpaired) electrons. The maximum Gasteiger partial charge on any atom is 0.329 e. The first-order valence-corrected chi connectivity index (χ1v) is 7.30. The van der Waals surface area contributed by atoms with Crippen LogP contribution in [0.4, 0.5) is 0 Å². The number of nitrogens with zero attached hydrogens (tertiary/aromatic N) is 2. The molecule has 1 aliphatic carbocycles. The number of hydrazone groups is 1. The van der Waals surface area contributed by atoms with E-state index < -0.39 is 11.8 Å². The van der Waals surface area contributed by atoms with Gasteiger partial charge in [-0.3, -0.25) is 14.6 Å². The summed E-state index contributed by atoms with van der Waals surface area (Å²) in [5.41, 5.74) is 2.83. The fourth-order valence-corrected chi connectivity index (χ4v) is 2.33. The normalized spacial score (nSPS) is 16.4. The van der Waals surface area contributed by atoms with Crippen molar-refractivity contribution in [3.8, 4) is 0 Å². The fraction of sp³-hybridized carbons (Fsp3) is 0.467. The molecule has 0 saturated heterocycles. The zero-order valence-corrected chi connectivity index (χ0v) is 11.9. The highest BCUT2D eigenvalue weighted by atomic mass is 16.2. The average molecular weight is 288 g/mol. The van der Waals surface area contributed by atoms with Gasteiger partial charge in [0.25, 0.3) is 0 Å². The molecule has 1 fully saturated rings. The Morgan fingerprint density at radius 2 is 1.90 bits per heavy atom. The Balaban J connectivity index is 1.77. The van der Waals surface area contributed by atoms with Crippen LogP contribution in [0.3, 0.4) is 0 Å².